The van der Waals surface area contributed by atoms with Crippen LogP contribution in [0.2, 0.25) is 0 Å². The molecule has 110 valence electrons. The quantitative estimate of drug-likeness (QED) is 0.855. The molecule has 4 heteroatoms. The summed E-state index contributed by atoms with van der Waals surface area (Å²) in [6.07, 6.45) is 0.617. The lowest BCUT2D eigenvalue weighted by molar-refractivity contribution is 0.0944. The average molecular weight is 284 g/mol. The Morgan fingerprint density at radius 2 is 1.95 bits per heavy atom. The van der Waals surface area contributed by atoms with E-state index in [0.29, 0.717) is 18.7 Å². The number of rotatable bonds is 6. The number of nitrogens with one attached hydrogen (secondary N) is 1. The number of pyridine rings is 1. The van der Waals surface area contributed by atoms with Gasteiger partial charge >= 0.3 is 0 Å². The smallest absolute Gasteiger partial charge is 0.269 e. The van der Waals surface area contributed by atoms with Gasteiger partial charge in [0, 0.05) is 24.8 Å². The van der Waals surface area contributed by atoms with E-state index in [1.807, 2.05) is 49.4 Å². The molecular weight excluding hydrogens is 264 g/mol. The molecule has 21 heavy (non-hydrogen) atoms. The Morgan fingerprint density at radius 1 is 1.19 bits per heavy atom. The standard InChI is InChI=1S/C17H20N2O2/c1-13-6-5-9-16(19-13)17(21)18-12-15(10-11-20)14-7-3-2-4-8-14/h2-9,15,20H,10-12H2,1H3,(H,18,21). The third kappa shape index (κ3) is 4.39. The number of aliphatic hydroxyl groups excluding tert-OH is 1. The first-order valence-electron chi connectivity index (χ1n) is 7.08. The average Bonchev–Trinajstić information content (AvgIpc) is 2.52. The number of carbonyl (C=O) groups excluding carboxylic acids is 1. The Bertz CT molecular complexity index is 584. The van der Waals surface area contributed by atoms with Crippen LogP contribution in [0.4, 0.5) is 0 Å². The van der Waals surface area contributed by atoms with E-state index in [1.165, 1.54) is 0 Å². The highest BCUT2D eigenvalue weighted by Crippen LogP contribution is 2.18. The van der Waals surface area contributed by atoms with E-state index in [2.05, 4.69) is 10.3 Å². The number of nitrogens with zero attached hydrogens (tertiary/aromatic N) is 1. The molecule has 1 atom stereocenters. The van der Waals surface area contributed by atoms with E-state index >= 15 is 0 Å². The fraction of sp³-hybridized carbons (Fsp3) is 0.294. The van der Waals surface area contributed by atoms with E-state index in [1.54, 1.807) is 6.07 Å². The molecule has 2 rings (SSSR count). The molecule has 0 saturated carbocycles. The third-order valence-electron chi connectivity index (χ3n) is 3.38. The van der Waals surface area contributed by atoms with Crippen molar-refractivity contribution < 1.29 is 9.90 Å². The van der Waals surface area contributed by atoms with Crippen LogP contribution in [-0.4, -0.2) is 29.1 Å². The van der Waals surface area contributed by atoms with Crippen molar-refractivity contribution in [3.63, 3.8) is 0 Å². The SMILES string of the molecule is Cc1cccc(C(=O)NCC(CCO)c2ccccc2)n1. The minimum Gasteiger partial charge on any atom is -0.396 e. The van der Waals surface area contributed by atoms with Crippen molar-refractivity contribution in [1.29, 1.82) is 0 Å². The predicted molar refractivity (Wildman–Crippen MR) is 82.2 cm³/mol. The van der Waals surface area contributed by atoms with Gasteiger partial charge in [0.1, 0.15) is 5.69 Å². The molecule has 1 heterocycles. The molecule has 1 amide bonds. The zero-order chi connectivity index (χ0) is 15.1. The highest BCUT2D eigenvalue weighted by Gasteiger charge is 2.13. The van der Waals surface area contributed by atoms with Crippen molar-refractivity contribution in [2.24, 2.45) is 0 Å². The van der Waals surface area contributed by atoms with Crippen LogP contribution in [0.5, 0.6) is 0 Å². The molecule has 0 fully saturated rings. The number of benzene rings is 1. The molecule has 0 aliphatic rings. The molecule has 0 aliphatic heterocycles. The number of amides is 1. The van der Waals surface area contributed by atoms with Crippen LogP contribution < -0.4 is 5.32 Å². The molecule has 2 aromatic rings. The van der Waals surface area contributed by atoms with Gasteiger partial charge in [0.05, 0.1) is 0 Å². The minimum absolute atomic E-state index is 0.0954. The largest absolute Gasteiger partial charge is 0.396 e. The zero-order valence-electron chi connectivity index (χ0n) is 12.1. The number of hydrogen-bond acceptors (Lipinski definition) is 3. The minimum atomic E-state index is -0.183. The van der Waals surface area contributed by atoms with Crippen LogP contribution in [-0.2, 0) is 0 Å². The highest BCUT2D eigenvalue weighted by atomic mass is 16.3. The van der Waals surface area contributed by atoms with Gasteiger partial charge in [0.2, 0.25) is 0 Å². The van der Waals surface area contributed by atoms with E-state index in [4.69, 9.17) is 0 Å². The predicted octanol–water partition coefficient (Wildman–Crippen LogP) is 2.29. The van der Waals surface area contributed by atoms with Crippen LogP contribution in [0.3, 0.4) is 0 Å². The van der Waals surface area contributed by atoms with Crippen molar-refractivity contribution in [3.8, 4) is 0 Å². The van der Waals surface area contributed by atoms with Crippen LogP contribution >= 0.6 is 0 Å². The summed E-state index contributed by atoms with van der Waals surface area (Å²) in [6.45, 7) is 2.44. The van der Waals surface area contributed by atoms with Crippen LogP contribution in [0.1, 0.15) is 34.1 Å². The van der Waals surface area contributed by atoms with Gasteiger partial charge in [0.15, 0.2) is 0 Å². The third-order valence-corrected chi connectivity index (χ3v) is 3.38. The summed E-state index contributed by atoms with van der Waals surface area (Å²) in [5.74, 6) is -0.0810. The molecule has 1 unspecified atom stereocenters. The Morgan fingerprint density at radius 3 is 2.62 bits per heavy atom. The fourth-order valence-electron chi connectivity index (χ4n) is 2.24. The first-order chi connectivity index (χ1) is 10.2. The second-order valence-electron chi connectivity index (χ2n) is 4.99. The van der Waals surface area contributed by atoms with Gasteiger partial charge in [-0.15, -0.1) is 0 Å². The summed E-state index contributed by atoms with van der Waals surface area (Å²) in [5.41, 5.74) is 2.35. The molecule has 0 bridgehead atoms. The van der Waals surface area contributed by atoms with Crippen LogP contribution in [0, 0.1) is 6.92 Å². The number of aliphatic hydroxyl groups is 1. The van der Waals surface area contributed by atoms with Crippen molar-refractivity contribution >= 4 is 5.91 Å². The van der Waals surface area contributed by atoms with E-state index < -0.39 is 0 Å². The van der Waals surface area contributed by atoms with Crippen molar-refractivity contribution in [2.75, 3.05) is 13.2 Å². The summed E-state index contributed by atoms with van der Waals surface area (Å²) in [4.78, 5) is 16.3. The van der Waals surface area contributed by atoms with Crippen molar-refractivity contribution in [1.82, 2.24) is 10.3 Å². The van der Waals surface area contributed by atoms with E-state index in [0.717, 1.165) is 11.3 Å². The first kappa shape index (κ1) is 15.2. The molecule has 1 aromatic heterocycles. The van der Waals surface area contributed by atoms with Gasteiger partial charge in [-0.2, -0.15) is 0 Å². The number of carbonyl (C=O) groups is 1. The monoisotopic (exact) mass is 284 g/mol. The molecular formula is C17H20N2O2. The van der Waals surface area contributed by atoms with Crippen LogP contribution in [0.15, 0.2) is 48.5 Å². The van der Waals surface area contributed by atoms with Gasteiger partial charge in [-0.1, -0.05) is 36.4 Å². The number of hydrogen-bond donors (Lipinski definition) is 2. The number of aryl methyl sites for hydroxylation is 1. The summed E-state index contributed by atoms with van der Waals surface area (Å²) >= 11 is 0. The van der Waals surface area contributed by atoms with Gasteiger partial charge in [-0.3, -0.25) is 4.79 Å². The summed E-state index contributed by atoms with van der Waals surface area (Å²) < 4.78 is 0. The maximum Gasteiger partial charge on any atom is 0.269 e. The van der Waals surface area contributed by atoms with E-state index in [9.17, 15) is 9.90 Å². The fourth-order valence-corrected chi connectivity index (χ4v) is 2.24. The second kappa shape index (κ2) is 7.55. The van der Waals surface area contributed by atoms with Gasteiger partial charge in [0.25, 0.3) is 5.91 Å². The Kier molecular flexibility index (Phi) is 5.46. The zero-order valence-corrected chi connectivity index (χ0v) is 12.1. The molecule has 0 spiro atoms. The van der Waals surface area contributed by atoms with E-state index in [-0.39, 0.29) is 18.4 Å². The lowest BCUT2D eigenvalue weighted by atomic mass is 9.96. The first-order valence-corrected chi connectivity index (χ1v) is 7.08. The van der Waals surface area contributed by atoms with Crippen molar-refractivity contribution in [3.05, 3.63) is 65.5 Å². The van der Waals surface area contributed by atoms with Gasteiger partial charge in [-0.25, -0.2) is 4.98 Å². The Labute approximate surface area is 124 Å². The maximum atomic E-state index is 12.1. The lowest BCUT2D eigenvalue weighted by Gasteiger charge is -2.17. The van der Waals surface area contributed by atoms with Crippen LogP contribution in [0.25, 0.3) is 0 Å². The Hall–Kier alpha value is -2.20. The molecule has 4 nitrogen and oxygen atoms in total. The molecule has 1 aromatic carbocycles. The second-order valence-corrected chi connectivity index (χ2v) is 4.99. The summed E-state index contributed by atoms with van der Waals surface area (Å²) in [6, 6.07) is 15.3. The number of aromatic nitrogens is 1. The Balaban J connectivity index is 2.00. The normalized spacial score (nSPS) is 11.9. The topological polar surface area (TPSA) is 62.2 Å². The molecule has 0 saturated heterocycles. The van der Waals surface area contributed by atoms with Crippen molar-refractivity contribution in [2.45, 2.75) is 19.3 Å². The summed E-state index contributed by atoms with van der Waals surface area (Å²) in [7, 11) is 0. The summed E-state index contributed by atoms with van der Waals surface area (Å²) in [5, 5.41) is 12.1. The molecule has 2 N–H and O–H groups in total. The maximum absolute atomic E-state index is 12.1. The molecule has 0 aliphatic carbocycles. The highest BCUT2D eigenvalue weighted by molar-refractivity contribution is 5.92. The van der Waals surface area contributed by atoms with Gasteiger partial charge in [-0.05, 0) is 31.0 Å². The molecule has 0 radical (unpaired) electrons. The van der Waals surface area contributed by atoms with Gasteiger partial charge < -0.3 is 10.4 Å². The lowest BCUT2D eigenvalue weighted by Crippen LogP contribution is -2.29.